The minimum absolute atomic E-state index is 0.0610. The monoisotopic (exact) mass is 385 g/mol. The minimum atomic E-state index is -0.0610. The molecule has 3 rings (SSSR count). The number of likely N-dealkylation sites (N-methyl/N-ethyl adjacent to an activating group) is 2. The highest BCUT2D eigenvalue weighted by atomic mass is 16.2. The van der Waals surface area contributed by atoms with Gasteiger partial charge in [-0.15, -0.1) is 0 Å². The van der Waals surface area contributed by atoms with Crippen molar-refractivity contribution in [3.8, 4) is 5.95 Å². The molecule has 0 spiro atoms. The Morgan fingerprint density at radius 1 is 1.21 bits per heavy atom. The zero-order valence-electron chi connectivity index (χ0n) is 17.6. The van der Waals surface area contributed by atoms with Gasteiger partial charge in [0.2, 0.25) is 5.91 Å². The van der Waals surface area contributed by atoms with Gasteiger partial charge in [-0.3, -0.25) is 14.6 Å². The fraction of sp³-hybridized carbons (Fsp3) is 0.600. The number of aromatic nitrogens is 4. The van der Waals surface area contributed by atoms with Crippen LogP contribution in [0.25, 0.3) is 5.95 Å². The van der Waals surface area contributed by atoms with E-state index in [-0.39, 0.29) is 5.91 Å². The van der Waals surface area contributed by atoms with Crippen LogP contribution in [0.3, 0.4) is 0 Å². The lowest BCUT2D eigenvalue weighted by molar-refractivity contribution is -0.117. The highest BCUT2D eigenvalue weighted by Gasteiger charge is 2.24. The van der Waals surface area contributed by atoms with Crippen molar-refractivity contribution in [1.29, 1.82) is 0 Å². The summed E-state index contributed by atoms with van der Waals surface area (Å²) in [5.74, 6) is 1.00. The van der Waals surface area contributed by atoms with Gasteiger partial charge < -0.3 is 5.32 Å². The fourth-order valence-corrected chi connectivity index (χ4v) is 3.91. The number of likely N-dealkylation sites (tertiary alicyclic amines) is 1. The van der Waals surface area contributed by atoms with Gasteiger partial charge in [0.05, 0.1) is 12.2 Å². The van der Waals surface area contributed by atoms with Crippen LogP contribution in [0.1, 0.15) is 36.8 Å². The van der Waals surface area contributed by atoms with E-state index in [9.17, 15) is 4.79 Å². The van der Waals surface area contributed by atoms with E-state index in [1.807, 2.05) is 40.0 Å². The van der Waals surface area contributed by atoms with Crippen LogP contribution < -0.4 is 5.32 Å². The summed E-state index contributed by atoms with van der Waals surface area (Å²) in [6, 6.07) is 4.30. The number of amides is 1. The molecular weight excluding hydrogens is 354 g/mol. The van der Waals surface area contributed by atoms with Crippen molar-refractivity contribution in [3.63, 3.8) is 0 Å². The molecular formula is C20H31N7O. The van der Waals surface area contributed by atoms with Crippen LogP contribution in [0.4, 0.5) is 5.82 Å². The van der Waals surface area contributed by atoms with Crippen LogP contribution >= 0.6 is 0 Å². The van der Waals surface area contributed by atoms with Crippen LogP contribution in [0.15, 0.2) is 12.1 Å². The molecule has 1 saturated heterocycles. The van der Waals surface area contributed by atoms with Crippen LogP contribution in [0, 0.1) is 20.8 Å². The molecule has 3 heterocycles. The summed E-state index contributed by atoms with van der Waals surface area (Å²) in [5.41, 5.74) is 2.53. The zero-order valence-corrected chi connectivity index (χ0v) is 17.6. The third-order valence-electron chi connectivity index (χ3n) is 5.10. The van der Waals surface area contributed by atoms with E-state index in [2.05, 4.69) is 37.1 Å². The van der Waals surface area contributed by atoms with Gasteiger partial charge in [-0.05, 0) is 59.8 Å². The lowest BCUT2D eigenvalue weighted by Gasteiger charge is -2.27. The molecule has 1 fully saturated rings. The summed E-state index contributed by atoms with van der Waals surface area (Å²) in [6.45, 7) is 11.4. The maximum atomic E-state index is 12.6. The molecule has 0 bridgehead atoms. The van der Waals surface area contributed by atoms with Gasteiger partial charge in [0.25, 0.3) is 5.95 Å². The number of rotatable bonds is 7. The van der Waals surface area contributed by atoms with Crippen molar-refractivity contribution < 1.29 is 4.79 Å². The maximum absolute atomic E-state index is 12.6. The Hall–Kier alpha value is -2.32. The zero-order chi connectivity index (χ0) is 20.3. The summed E-state index contributed by atoms with van der Waals surface area (Å²) in [6.07, 6.45) is 2.45. The Kier molecular flexibility index (Phi) is 6.41. The Balaban J connectivity index is 1.66. The summed E-state index contributed by atoms with van der Waals surface area (Å²) in [7, 11) is 2.00. The van der Waals surface area contributed by atoms with Crippen molar-refractivity contribution in [2.24, 2.45) is 0 Å². The van der Waals surface area contributed by atoms with Crippen molar-refractivity contribution in [2.75, 3.05) is 38.5 Å². The number of hydrogen-bond donors (Lipinski definition) is 1. The van der Waals surface area contributed by atoms with Crippen molar-refractivity contribution in [1.82, 2.24) is 29.5 Å². The van der Waals surface area contributed by atoms with Gasteiger partial charge in [-0.1, -0.05) is 6.92 Å². The van der Waals surface area contributed by atoms with Crippen LogP contribution in [-0.2, 0) is 4.79 Å². The summed E-state index contributed by atoms with van der Waals surface area (Å²) < 4.78 is 1.60. The average molecular weight is 386 g/mol. The van der Waals surface area contributed by atoms with Gasteiger partial charge in [-0.25, -0.2) is 9.97 Å². The van der Waals surface area contributed by atoms with E-state index in [1.165, 1.54) is 12.8 Å². The van der Waals surface area contributed by atoms with Crippen molar-refractivity contribution in [2.45, 2.75) is 46.6 Å². The summed E-state index contributed by atoms with van der Waals surface area (Å²) in [5, 5.41) is 7.43. The SMILES string of the molecule is CCN1CCC[C@@H]1CN(C)CC(=O)Nc1cc(C)nn1-c1nc(C)cc(C)n1. The first kappa shape index (κ1) is 20.4. The van der Waals surface area contributed by atoms with Gasteiger partial charge in [0, 0.05) is 30.0 Å². The lowest BCUT2D eigenvalue weighted by atomic mass is 10.2. The molecule has 1 atom stereocenters. The minimum Gasteiger partial charge on any atom is -0.309 e. The Labute approximate surface area is 167 Å². The number of nitrogens with one attached hydrogen (secondary N) is 1. The topological polar surface area (TPSA) is 79.2 Å². The number of nitrogens with zero attached hydrogens (tertiary/aromatic N) is 6. The van der Waals surface area contributed by atoms with E-state index < -0.39 is 0 Å². The Morgan fingerprint density at radius 3 is 2.61 bits per heavy atom. The van der Waals surface area contributed by atoms with E-state index in [1.54, 1.807) is 4.68 Å². The van der Waals surface area contributed by atoms with Gasteiger partial charge in [-0.2, -0.15) is 9.78 Å². The second-order valence-electron chi connectivity index (χ2n) is 7.70. The molecule has 1 aliphatic heterocycles. The Morgan fingerprint density at radius 2 is 1.93 bits per heavy atom. The number of hydrogen-bond acceptors (Lipinski definition) is 6. The molecule has 1 amide bonds. The number of carbonyl (C=O) groups excluding carboxylic acids is 1. The smallest absolute Gasteiger partial charge is 0.252 e. The quantitative estimate of drug-likeness (QED) is 0.785. The summed E-state index contributed by atoms with van der Waals surface area (Å²) in [4.78, 5) is 26.1. The first-order valence-corrected chi connectivity index (χ1v) is 9.97. The molecule has 2 aromatic rings. The normalized spacial score (nSPS) is 17.4. The third kappa shape index (κ3) is 4.94. The number of carbonyl (C=O) groups is 1. The molecule has 8 nitrogen and oxygen atoms in total. The van der Waals surface area contributed by atoms with Crippen LogP contribution in [0.5, 0.6) is 0 Å². The number of aryl methyl sites for hydroxylation is 3. The summed E-state index contributed by atoms with van der Waals surface area (Å²) >= 11 is 0. The van der Waals surface area contributed by atoms with Gasteiger partial charge in [0.15, 0.2) is 0 Å². The second-order valence-corrected chi connectivity index (χ2v) is 7.70. The molecule has 0 aromatic carbocycles. The lowest BCUT2D eigenvalue weighted by Crippen LogP contribution is -2.41. The van der Waals surface area contributed by atoms with Gasteiger partial charge in [0.1, 0.15) is 5.82 Å². The van der Waals surface area contributed by atoms with Crippen molar-refractivity contribution >= 4 is 11.7 Å². The highest BCUT2D eigenvalue weighted by molar-refractivity contribution is 5.91. The predicted molar refractivity (Wildman–Crippen MR) is 110 cm³/mol. The molecule has 28 heavy (non-hydrogen) atoms. The van der Waals surface area contributed by atoms with Gasteiger partial charge >= 0.3 is 0 Å². The molecule has 0 radical (unpaired) electrons. The predicted octanol–water partition coefficient (Wildman–Crippen LogP) is 1.94. The molecule has 152 valence electrons. The van der Waals surface area contributed by atoms with E-state index in [0.29, 0.717) is 24.4 Å². The fourth-order valence-electron chi connectivity index (χ4n) is 3.91. The largest absolute Gasteiger partial charge is 0.309 e. The highest BCUT2D eigenvalue weighted by Crippen LogP contribution is 2.18. The third-order valence-corrected chi connectivity index (χ3v) is 5.10. The van der Waals surface area contributed by atoms with E-state index in [0.717, 1.165) is 36.7 Å². The molecule has 0 unspecified atom stereocenters. The first-order valence-electron chi connectivity index (χ1n) is 9.97. The standard InChI is InChI=1S/C20H31N7O/c1-6-26-9-7-8-17(26)12-25(5)13-19(28)23-18-11-16(4)24-27(18)20-21-14(2)10-15(3)22-20/h10-11,17H,6-9,12-13H2,1-5H3,(H,23,28)/t17-/m1/s1. The molecule has 1 N–H and O–H groups in total. The van der Waals surface area contributed by atoms with E-state index >= 15 is 0 Å². The molecule has 0 aliphatic carbocycles. The van der Waals surface area contributed by atoms with Crippen LogP contribution in [-0.4, -0.2) is 74.7 Å². The average Bonchev–Trinajstić information content (AvgIpc) is 3.19. The Bertz CT molecular complexity index is 812. The number of anilines is 1. The molecule has 2 aromatic heterocycles. The molecule has 1 aliphatic rings. The second kappa shape index (κ2) is 8.79. The first-order chi connectivity index (χ1) is 13.4. The molecule has 8 heteroatoms. The molecule has 0 saturated carbocycles. The van der Waals surface area contributed by atoms with Crippen molar-refractivity contribution in [3.05, 3.63) is 29.2 Å². The van der Waals surface area contributed by atoms with Crippen LogP contribution in [0.2, 0.25) is 0 Å². The van der Waals surface area contributed by atoms with E-state index in [4.69, 9.17) is 0 Å². The maximum Gasteiger partial charge on any atom is 0.252 e.